The molecule has 8 heteroatoms. The molecule has 0 amide bonds. The molecule has 0 spiro atoms. The van der Waals surface area contributed by atoms with Crippen LogP contribution in [0.2, 0.25) is 0 Å². The highest BCUT2D eigenvalue weighted by Crippen LogP contribution is 2.47. The van der Waals surface area contributed by atoms with Crippen molar-refractivity contribution in [3.8, 4) is 33.6 Å². The summed E-state index contributed by atoms with van der Waals surface area (Å²) in [5.41, 5.74) is 31.3. The van der Waals surface area contributed by atoms with Crippen molar-refractivity contribution in [1.82, 2.24) is 9.13 Å². The maximum atomic E-state index is 2.37. The minimum Gasteiger partial charge on any atom is -0.311 e. The third-order valence-electron chi connectivity index (χ3n) is 23.9. The van der Waals surface area contributed by atoms with Crippen molar-refractivity contribution in [2.75, 3.05) is 29.4 Å². The van der Waals surface area contributed by atoms with Gasteiger partial charge in [0.2, 0.25) is 0 Å². The van der Waals surface area contributed by atoms with Gasteiger partial charge < -0.3 is 38.5 Å². The van der Waals surface area contributed by atoms with E-state index in [9.17, 15) is 0 Å². The van der Waals surface area contributed by atoms with Gasteiger partial charge in [-0.05, 0) is 289 Å². The predicted molar refractivity (Wildman–Crippen MR) is 541 cm³/mol. The summed E-state index contributed by atoms with van der Waals surface area (Å²) in [5, 5.41) is 4.91. The third kappa shape index (κ3) is 15.8. The molecule has 128 heavy (non-hydrogen) atoms. The lowest BCUT2D eigenvalue weighted by molar-refractivity contribution is 1.18. The standard InChI is InChI=1S/C60H42N4.C60H46N4/c1-5-17-45(18-6-1)61(51-37-39-59-55(41-51)53-25-13-15-27-57(53)63(59)47-21-9-3-10-22-47)49-33-29-43(30-34-49)44-31-35-50(36-32-44)62(46-19-7-2-8-20-46)52-38-40-60-56(42-52)54-26-14-16-28-58(54)64(60)48-23-11-4-12-24-48;1-7-19-47(20-8-1)48-31-33-54(34-32-48)64(59-43-37-56(38-44-59)62(51-25-13-4-14-26-51)52-27-15-5-16-28-52)60-45-41-58(42-46-60)63(53-29-17-6-18-30-53)57-39-35-55(36-40-57)61(49-21-9-2-10-22-49)50-23-11-3-12-24-50/h1-42H;1-46H. The van der Waals surface area contributed by atoms with E-state index in [2.05, 4.69) is 572 Å². The van der Waals surface area contributed by atoms with Crippen molar-refractivity contribution < 1.29 is 0 Å². The first-order valence-corrected chi connectivity index (χ1v) is 43.5. The molecular weight excluding hydrogens is 1550 g/mol. The zero-order valence-electron chi connectivity index (χ0n) is 70.4. The van der Waals surface area contributed by atoms with E-state index < -0.39 is 0 Å². The first-order chi connectivity index (χ1) is 63.5. The fraction of sp³-hybridized carbons (Fsp3) is 0. The molecule has 0 radical (unpaired) electrons. The number of hydrogen-bond acceptors (Lipinski definition) is 6. The summed E-state index contributed by atoms with van der Waals surface area (Å²) in [6, 6.07) is 190. The molecule has 0 fully saturated rings. The molecular formula is C120H88N8. The molecule has 20 aromatic carbocycles. The molecule has 0 bridgehead atoms. The maximum Gasteiger partial charge on any atom is 0.0542 e. The summed E-state index contributed by atoms with van der Waals surface area (Å²) in [7, 11) is 0. The lowest BCUT2D eigenvalue weighted by Gasteiger charge is -2.30. The van der Waals surface area contributed by atoms with Gasteiger partial charge in [-0.1, -0.05) is 267 Å². The van der Waals surface area contributed by atoms with Crippen molar-refractivity contribution in [3.63, 3.8) is 0 Å². The number of benzene rings is 20. The van der Waals surface area contributed by atoms with Crippen molar-refractivity contribution in [2.45, 2.75) is 0 Å². The summed E-state index contributed by atoms with van der Waals surface area (Å²) in [6.45, 7) is 0. The van der Waals surface area contributed by atoms with Crippen LogP contribution in [-0.4, -0.2) is 9.13 Å². The number of rotatable bonds is 22. The van der Waals surface area contributed by atoms with Gasteiger partial charge in [-0.3, -0.25) is 0 Å². The summed E-state index contributed by atoms with van der Waals surface area (Å²) < 4.78 is 4.73. The quantitative estimate of drug-likeness (QED) is 0.0672. The second-order valence-corrected chi connectivity index (χ2v) is 31.7. The molecule has 0 aliphatic rings. The molecule has 22 aromatic rings. The van der Waals surface area contributed by atoms with E-state index in [4.69, 9.17) is 0 Å². The second kappa shape index (κ2) is 35.7. The minimum atomic E-state index is 1.05. The van der Waals surface area contributed by atoms with Crippen molar-refractivity contribution in [3.05, 3.63) is 534 Å². The van der Waals surface area contributed by atoms with Crippen LogP contribution in [0.15, 0.2) is 534 Å². The first kappa shape index (κ1) is 78.1. The molecule has 0 aliphatic heterocycles. The summed E-state index contributed by atoms with van der Waals surface area (Å²) in [6.07, 6.45) is 0. The summed E-state index contributed by atoms with van der Waals surface area (Å²) >= 11 is 0. The van der Waals surface area contributed by atoms with Crippen molar-refractivity contribution in [2.24, 2.45) is 0 Å². The molecule has 0 saturated heterocycles. The van der Waals surface area contributed by atoms with E-state index in [0.717, 1.165) is 125 Å². The molecule has 0 N–H and O–H groups in total. The van der Waals surface area contributed by atoms with Gasteiger partial charge in [0, 0.05) is 135 Å². The normalized spacial score (nSPS) is 11.1. The van der Waals surface area contributed by atoms with Gasteiger partial charge in [0.1, 0.15) is 0 Å². The number of aromatic nitrogens is 2. The summed E-state index contributed by atoms with van der Waals surface area (Å²) in [5.74, 6) is 0. The molecule has 8 nitrogen and oxygen atoms in total. The Labute approximate surface area is 747 Å². The van der Waals surface area contributed by atoms with Crippen LogP contribution < -0.4 is 29.4 Å². The largest absolute Gasteiger partial charge is 0.311 e. The average molecular weight is 1640 g/mol. The Morgan fingerprint density at radius 1 is 0.109 bits per heavy atom. The monoisotopic (exact) mass is 1640 g/mol. The van der Waals surface area contributed by atoms with E-state index in [0.29, 0.717) is 0 Å². The van der Waals surface area contributed by atoms with Crippen LogP contribution in [0.1, 0.15) is 0 Å². The maximum absolute atomic E-state index is 2.37. The first-order valence-electron chi connectivity index (χ1n) is 43.5. The van der Waals surface area contributed by atoms with Gasteiger partial charge in [0.25, 0.3) is 0 Å². The van der Waals surface area contributed by atoms with Crippen LogP contribution in [-0.2, 0) is 0 Å². The van der Waals surface area contributed by atoms with E-state index in [1.807, 2.05) is 0 Å². The lowest BCUT2D eigenvalue weighted by Crippen LogP contribution is -2.13. The lowest BCUT2D eigenvalue weighted by atomic mass is 10.0. The Balaban J connectivity index is 0.000000156. The van der Waals surface area contributed by atoms with E-state index in [1.54, 1.807) is 0 Å². The fourth-order valence-corrected chi connectivity index (χ4v) is 17.9. The van der Waals surface area contributed by atoms with Gasteiger partial charge in [0.05, 0.1) is 22.1 Å². The Hall–Kier alpha value is -17.2. The molecule has 0 atom stereocenters. The van der Waals surface area contributed by atoms with E-state index in [1.165, 1.54) is 54.7 Å². The molecule has 2 heterocycles. The minimum absolute atomic E-state index is 1.05. The van der Waals surface area contributed by atoms with Gasteiger partial charge in [0.15, 0.2) is 0 Å². The van der Waals surface area contributed by atoms with Crippen LogP contribution in [0.4, 0.5) is 102 Å². The van der Waals surface area contributed by atoms with Gasteiger partial charge >= 0.3 is 0 Å². The van der Waals surface area contributed by atoms with Gasteiger partial charge in [-0.15, -0.1) is 0 Å². The van der Waals surface area contributed by atoms with Crippen LogP contribution in [0.25, 0.3) is 77.2 Å². The predicted octanol–water partition coefficient (Wildman–Crippen LogP) is 33.7. The molecule has 0 aliphatic carbocycles. The molecule has 2 aromatic heterocycles. The average Bonchev–Trinajstić information content (AvgIpc) is 1.59. The molecule has 608 valence electrons. The van der Waals surface area contributed by atoms with E-state index in [-0.39, 0.29) is 0 Å². The highest BCUT2D eigenvalue weighted by Gasteiger charge is 2.24. The van der Waals surface area contributed by atoms with Gasteiger partial charge in [-0.2, -0.15) is 0 Å². The van der Waals surface area contributed by atoms with Gasteiger partial charge in [-0.25, -0.2) is 0 Å². The number of para-hydroxylation sites is 11. The third-order valence-corrected chi connectivity index (χ3v) is 23.9. The van der Waals surface area contributed by atoms with Crippen LogP contribution in [0.5, 0.6) is 0 Å². The Morgan fingerprint density at radius 3 is 0.500 bits per heavy atom. The Bertz CT molecular complexity index is 7140. The number of hydrogen-bond donors (Lipinski definition) is 0. The fourth-order valence-electron chi connectivity index (χ4n) is 17.9. The number of fused-ring (bicyclic) bond motifs is 6. The highest BCUT2D eigenvalue weighted by atomic mass is 15.2. The molecule has 22 rings (SSSR count). The zero-order valence-corrected chi connectivity index (χ0v) is 70.4. The Kier molecular flexibility index (Phi) is 21.8. The van der Waals surface area contributed by atoms with Crippen molar-refractivity contribution >= 4 is 146 Å². The van der Waals surface area contributed by atoms with Crippen LogP contribution >= 0.6 is 0 Å². The topological polar surface area (TPSA) is 29.3 Å². The van der Waals surface area contributed by atoms with Crippen molar-refractivity contribution in [1.29, 1.82) is 0 Å². The molecule has 0 saturated carbocycles. The smallest absolute Gasteiger partial charge is 0.0542 e. The van der Waals surface area contributed by atoms with Crippen LogP contribution in [0, 0.1) is 0 Å². The van der Waals surface area contributed by atoms with E-state index >= 15 is 0 Å². The SMILES string of the molecule is c1ccc(-c2ccc(N(c3ccc(N(c4ccccc4)c4ccccc4)cc3)c3ccc(N(c4ccccc4)c4ccc(N(c5ccccc5)c5ccccc5)cc4)cc3)cc2)cc1.c1ccc(N(c2ccc(-c3ccc(N(c4ccccc4)c4ccc5c(c4)c4ccccc4n5-c4ccccc4)cc3)cc2)c2ccc3c(c2)c2ccccc2n3-c2ccccc2)cc1. The zero-order chi connectivity index (χ0) is 85.3. The molecule has 0 unspecified atom stereocenters. The number of anilines is 18. The number of nitrogens with zero attached hydrogens (tertiary/aromatic N) is 8. The summed E-state index contributed by atoms with van der Waals surface area (Å²) in [4.78, 5) is 13.9. The highest BCUT2D eigenvalue weighted by molar-refractivity contribution is 6.12. The Morgan fingerprint density at radius 2 is 0.266 bits per heavy atom. The second-order valence-electron chi connectivity index (χ2n) is 31.7. The van der Waals surface area contributed by atoms with Crippen LogP contribution in [0.3, 0.4) is 0 Å².